The lowest BCUT2D eigenvalue weighted by Gasteiger charge is -2.21. The molecule has 0 N–H and O–H groups in total. The van der Waals surface area contributed by atoms with Crippen molar-refractivity contribution < 1.29 is 13.9 Å². The Morgan fingerprint density at radius 3 is 2.76 bits per heavy atom. The van der Waals surface area contributed by atoms with E-state index in [-0.39, 0.29) is 24.5 Å². The first-order chi connectivity index (χ1) is 8.22. The molecule has 2 rings (SSSR count). The Balaban J connectivity index is 2.08. The van der Waals surface area contributed by atoms with Crippen LogP contribution in [0.5, 0.6) is 0 Å². The Morgan fingerprint density at radius 1 is 1.47 bits per heavy atom. The molecule has 0 aliphatic heterocycles. The van der Waals surface area contributed by atoms with Crippen molar-refractivity contribution in [1.29, 1.82) is 0 Å². The standard InChI is InChI=1S/C13H16FNO2/c1-2-17-13(16)15(11-7-8-11)9-10-5-3-4-6-12(10)14/h3-6,11H,2,7-9H2,1H3. The van der Waals surface area contributed by atoms with Crippen LogP contribution in [0.25, 0.3) is 0 Å². The van der Waals surface area contributed by atoms with E-state index in [0.29, 0.717) is 12.2 Å². The van der Waals surface area contributed by atoms with Gasteiger partial charge in [-0.2, -0.15) is 0 Å². The number of hydrogen-bond donors (Lipinski definition) is 0. The number of hydrogen-bond acceptors (Lipinski definition) is 2. The van der Waals surface area contributed by atoms with Gasteiger partial charge in [0.05, 0.1) is 13.2 Å². The van der Waals surface area contributed by atoms with E-state index in [2.05, 4.69) is 0 Å². The van der Waals surface area contributed by atoms with Crippen molar-refractivity contribution in [3.8, 4) is 0 Å². The van der Waals surface area contributed by atoms with Gasteiger partial charge in [0.1, 0.15) is 5.82 Å². The fourth-order valence-electron chi connectivity index (χ4n) is 1.75. The highest BCUT2D eigenvalue weighted by Crippen LogP contribution is 2.29. The average molecular weight is 237 g/mol. The van der Waals surface area contributed by atoms with Crippen LogP contribution in [0.2, 0.25) is 0 Å². The molecule has 0 bridgehead atoms. The fourth-order valence-corrected chi connectivity index (χ4v) is 1.75. The van der Waals surface area contributed by atoms with Crippen LogP contribution in [0.4, 0.5) is 9.18 Å². The second-order valence-electron chi connectivity index (χ2n) is 4.15. The number of amides is 1. The van der Waals surface area contributed by atoms with Crippen molar-refractivity contribution in [3.63, 3.8) is 0 Å². The summed E-state index contributed by atoms with van der Waals surface area (Å²) < 4.78 is 18.5. The Kier molecular flexibility index (Phi) is 3.61. The van der Waals surface area contributed by atoms with E-state index in [0.717, 1.165) is 12.8 Å². The number of carbonyl (C=O) groups is 1. The lowest BCUT2D eigenvalue weighted by atomic mass is 10.2. The first kappa shape index (κ1) is 11.9. The molecule has 1 saturated carbocycles. The Labute approximate surface area is 100 Å². The molecule has 0 spiro atoms. The summed E-state index contributed by atoms with van der Waals surface area (Å²) in [4.78, 5) is 13.3. The van der Waals surface area contributed by atoms with E-state index in [4.69, 9.17) is 4.74 Å². The first-order valence-corrected chi connectivity index (χ1v) is 5.89. The molecule has 1 aromatic carbocycles. The third-order valence-corrected chi connectivity index (χ3v) is 2.79. The predicted molar refractivity (Wildman–Crippen MR) is 62.0 cm³/mol. The molecule has 17 heavy (non-hydrogen) atoms. The molecule has 0 heterocycles. The molecule has 0 atom stereocenters. The molecular formula is C13H16FNO2. The van der Waals surface area contributed by atoms with Crippen LogP contribution in [-0.2, 0) is 11.3 Å². The van der Waals surface area contributed by atoms with Gasteiger partial charge in [-0.15, -0.1) is 0 Å². The number of ether oxygens (including phenoxy) is 1. The molecule has 92 valence electrons. The van der Waals surface area contributed by atoms with E-state index in [1.165, 1.54) is 6.07 Å². The van der Waals surface area contributed by atoms with Crippen LogP contribution in [0.1, 0.15) is 25.3 Å². The van der Waals surface area contributed by atoms with E-state index >= 15 is 0 Å². The van der Waals surface area contributed by atoms with Gasteiger partial charge in [-0.25, -0.2) is 9.18 Å². The Hall–Kier alpha value is -1.58. The van der Waals surface area contributed by atoms with Gasteiger partial charge in [-0.1, -0.05) is 18.2 Å². The third-order valence-electron chi connectivity index (χ3n) is 2.79. The lowest BCUT2D eigenvalue weighted by molar-refractivity contribution is 0.101. The highest BCUT2D eigenvalue weighted by atomic mass is 19.1. The normalized spacial score (nSPS) is 14.5. The maximum Gasteiger partial charge on any atom is 0.410 e. The highest BCUT2D eigenvalue weighted by molar-refractivity contribution is 5.68. The van der Waals surface area contributed by atoms with Gasteiger partial charge in [0.25, 0.3) is 0 Å². The summed E-state index contributed by atoms with van der Waals surface area (Å²) in [6.45, 7) is 2.40. The fraction of sp³-hybridized carbons (Fsp3) is 0.462. The van der Waals surface area contributed by atoms with Crippen molar-refractivity contribution in [3.05, 3.63) is 35.6 Å². The minimum Gasteiger partial charge on any atom is -0.450 e. The molecule has 4 heteroatoms. The van der Waals surface area contributed by atoms with Crippen molar-refractivity contribution in [2.24, 2.45) is 0 Å². The smallest absolute Gasteiger partial charge is 0.410 e. The van der Waals surface area contributed by atoms with Gasteiger partial charge in [-0.05, 0) is 25.8 Å². The van der Waals surface area contributed by atoms with E-state index in [1.807, 2.05) is 0 Å². The van der Waals surface area contributed by atoms with E-state index in [1.54, 1.807) is 30.0 Å². The number of carbonyl (C=O) groups excluding carboxylic acids is 1. The summed E-state index contributed by atoms with van der Waals surface area (Å²) in [6, 6.07) is 6.74. The zero-order valence-electron chi connectivity index (χ0n) is 9.86. The van der Waals surface area contributed by atoms with Gasteiger partial charge >= 0.3 is 6.09 Å². The largest absolute Gasteiger partial charge is 0.450 e. The van der Waals surface area contributed by atoms with Crippen molar-refractivity contribution in [2.45, 2.75) is 32.4 Å². The minimum atomic E-state index is -0.349. The lowest BCUT2D eigenvalue weighted by Crippen LogP contribution is -2.33. The van der Waals surface area contributed by atoms with Crippen LogP contribution < -0.4 is 0 Å². The zero-order valence-corrected chi connectivity index (χ0v) is 9.86. The number of halogens is 1. The summed E-state index contributed by atoms with van der Waals surface area (Å²) in [6.07, 6.45) is 1.61. The van der Waals surface area contributed by atoms with Crippen LogP contribution in [0.3, 0.4) is 0 Å². The second kappa shape index (κ2) is 5.17. The molecule has 1 aromatic rings. The van der Waals surface area contributed by atoms with Crippen LogP contribution >= 0.6 is 0 Å². The van der Waals surface area contributed by atoms with Crippen LogP contribution in [0, 0.1) is 5.82 Å². The molecule has 0 saturated heterocycles. The summed E-state index contributed by atoms with van der Waals surface area (Å²) in [5.74, 6) is -0.276. The van der Waals surface area contributed by atoms with Gasteiger partial charge in [0.15, 0.2) is 0 Å². The summed E-state index contributed by atoms with van der Waals surface area (Å²) in [7, 11) is 0. The van der Waals surface area contributed by atoms with Crippen molar-refractivity contribution >= 4 is 6.09 Å². The maximum atomic E-state index is 13.5. The molecule has 1 aliphatic carbocycles. The molecule has 0 aromatic heterocycles. The van der Waals surface area contributed by atoms with Gasteiger partial charge in [-0.3, -0.25) is 0 Å². The summed E-state index contributed by atoms with van der Waals surface area (Å²) in [5.41, 5.74) is 0.535. The maximum absolute atomic E-state index is 13.5. The zero-order chi connectivity index (χ0) is 12.3. The van der Waals surface area contributed by atoms with Gasteiger partial charge < -0.3 is 9.64 Å². The van der Waals surface area contributed by atoms with Gasteiger partial charge in [0, 0.05) is 11.6 Å². The topological polar surface area (TPSA) is 29.5 Å². The third kappa shape index (κ3) is 2.96. The summed E-state index contributed by atoms with van der Waals surface area (Å²) >= 11 is 0. The van der Waals surface area contributed by atoms with E-state index in [9.17, 15) is 9.18 Å². The Morgan fingerprint density at radius 2 is 2.18 bits per heavy atom. The summed E-state index contributed by atoms with van der Waals surface area (Å²) in [5, 5.41) is 0. The molecule has 1 fully saturated rings. The first-order valence-electron chi connectivity index (χ1n) is 5.89. The van der Waals surface area contributed by atoms with E-state index < -0.39 is 0 Å². The number of rotatable bonds is 4. The monoisotopic (exact) mass is 237 g/mol. The number of benzene rings is 1. The second-order valence-corrected chi connectivity index (χ2v) is 4.15. The van der Waals surface area contributed by atoms with Crippen molar-refractivity contribution in [2.75, 3.05) is 6.61 Å². The van der Waals surface area contributed by atoms with Gasteiger partial charge in [0.2, 0.25) is 0 Å². The molecule has 0 unspecified atom stereocenters. The Bertz CT molecular complexity index is 404. The molecule has 1 amide bonds. The van der Waals surface area contributed by atoms with Crippen LogP contribution in [0.15, 0.2) is 24.3 Å². The SMILES string of the molecule is CCOC(=O)N(Cc1ccccc1F)C1CC1. The molecule has 0 radical (unpaired) electrons. The molecule has 1 aliphatic rings. The molecular weight excluding hydrogens is 221 g/mol. The molecule has 3 nitrogen and oxygen atoms in total. The minimum absolute atomic E-state index is 0.216. The number of nitrogens with zero attached hydrogens (tertiary/aromatic N) is 1. The van der Waals surface area contributed by atoms with Crippen molar-refractivity contribution in [1.82, 2.24) is 4.90 Å². The highest BCUT2D eigenvalue weighted by Gasteiger charge is 2.33. The predicted octanol–water partition coefficient (Wildman–Crippen LogP) is 2.95. The van der Waals surface area contributed by atoms with Crippen LogP contribution in [-0.4, -0.2) is 23.6 Å². The average Bonchev–Trinajstić information content (AvgIpc) is 3.12. The quantitative estimate of drug-likeness (QED) is 0.805.